The lowest BCUT2D eigenvalue weighted by atomic mass is 10.3. The lowest BCUT2D eigenvalue weighted by Crippen LogP contribution is -2.05. The maximum Gasteiger partial charge on any atom is 0.153 e. The molecule has 0 spiro atoms. The van der Waals surface area contributed by atoms with E-state index >= 15 is 0 Å². The van der Waals surface area contributed by atoms with Gasteiger partial charge >= 0.3 is 0 Å². The van der Waals surface area contributed by atoms with Gasteiger partial charge in [0, 0.05) is 0 Å². The smallest absolute Gasteiger partial charge is 0.153 e. The highest BCUT2D eigenvalue weighted by atomic mass is 15.5. The lowest BCUT2D eigenvalue weighted by Gasteiger charge is -2.05. The molecule has 6 heteroatoms. The Bertz CT molecular complexity index is 906. The predicted molar refractivity (Wildman–Crippen MR) is 80.4 cm³/mol. The molecule has 0 atom stereocenters. The van der Waals surface area contributed by atoms with Crippen LogP contribution in [-0.2, 0) is 0 Å². The number of nitrogens with zero attached hydrogens (tertiary/aromatic N) is 5. The highest BCUT2D eigenvalue weighted by Gasteiger charge is 2.14. The predicted octanol–water partition coefficient (Wildman–Crippen LogP) is 2.19. The van der Waals surface area contributed by atoms with E-state index in [4.69, 9.17) is 5.73 Å². The van der Waals surface area contributed by atoms with Crippen molar-refractivity contribution in [3.8, 4) is 11.4 Å². The fraction of sp³-hybridized carbons (Fsp3) is 0. The van der Waals surface area contributed by atoms with Gasteiger partial charge in [-0.1, -0.05) is 35.5 Å². The number of hydrogen-bond acceptors (Lipinski definition) is 4. The highest BCUT2D eigenvalue weighted by Crippen LogP contribution is 2.23. The number of anilines is 1. The third-order valence-corrected chi connectivity index (χ3v) is 3.37. The number of para-hydroxylation sites is 2. The third-order valence-electron chi connectivity index (χ3n) is 3.37. The van der Waals surface area contributed by atoms with Crippen molar-refractivity contribution in [2.24, 2.45) is 0 Å². The molecule has 0 aliphatic rings. The minimum absolute atomic E-state index is 0.525. The molecule has 0 saturated carbocycles. The van der Waals surface area contributed by atoms with Crippen molar-refractivity contribution >= 4 is 16.9 Å². The van der Waals surface area contributed by atoms with E-state index in [-0.39, 0.29) is 0 Å². The summed E-state index contributed by atoms with van der Waals surface area (Å²) in [5.74, 6) is 0.525. The standard InChI is InChI=1S/C15H12N6/c16-15-14(10-17-20(15)11-6-2-1-3-7-11)21-13-9-5-4-8-12(13)18-19-21/h1-10H,16H2. The van der Waals surface area contributed by atoms with Crippen LogP contribution < -0.4 is 5.73 Å². The average Bonchev–Trinajstić information content (AvgIpc) is 3.11. The Morgan fingerprint density at radius 1 is 0.857 bits per heavy atom. The summed E-state index contributed by atoms with van der Waals surface area (Å²) < 4.78 is 3.39. The molecule has 0 amide bonds. The van der Waals surface area contributed by atoms with Crippen LogP contribution in [0.25, 0.3) is 22.4 Å². The Labute approximate surface area is 120 Å². The van der Waals surface area contributed by atoms with Crippen LogP contribution in [0, 0.1) is 0 Å². The van der Waals surface area contributed by atoms with Crippen LogP contribution in [0.4, 0.5) is 5.82 Å². The number of hydrogen-bond donors (Lipinski definition) is 1. The molecule has 0 bridgehead atoms. The molecule has 2 aromatic heterocycles. The molecular weight excluding hydrogens is 264 g/mol. The topological polar surface area (TPSA) is 74.6 Å². The van der Waals surface area contributed by atoms with E-state index < -0.39 is 0 Å². The van der Waals surface area contributed by atoms with Gasteiger partial charge in [-0.15, -0.1) is 5.10 Å². The zero-order valence-corrected chi connectivity index (χ0v) is 11.1. The maximum atomic E-state index is 6.23. The fourth-order valence-corrected chi connectivity index (χ4v) is 2.33. The first-order valence-corrected chi connectivity index (χ1v) is 6.54. The molecule has 2 aromatic carbocycles. The molecule has 2 heterocycles. The van der Waals surface area contributed by atoms with E-state index in [1.54, 1.807) is 15.6 Å². The number of nitrogens with two attached hydrogens (primary N) is 1. The molecular formula is C15H12N6. The summed E-state index contributed by atoms with van der Waals surface area (Å²) in [5, 5.41) is 12.7. The van der Waals surface area contributed by atoms with Gasteiger partial charge < -0.3 is 5.73 Å². The van der Waals surface area contributed by atoms with Crippen LogP contribution in [0.2, 0.25) is 0 Å². The quantitative estimate of drug-likeness (QED) is 0.609. The van der Waals surface area contributed by atoms with E-state index in [1.165, 1.54) is 0 Å². The molecule has 0 unspecified atom stereocenters. The van der Waals surface area contributed by atoms with Crippen LogP contribution in [0.5, 0.6) is 0 Å². The molecule has 4 aromatic rings. The Morgan fingerprint density at radius 2 is 1.62 bits per heavy atom. The summed E-state index contributed by atoms with van der Waals surface area (Å²) in [4.78, 5) is 0. The van der Waals surface area contributed by atoms with Crippen LogP contribution >= 0.6 is 0 Å². The van der Waals surface area contributed by atoms with Gasteiger partial charge in [-0.05, 0) is 24.3 Å². The average molecular weight is 276 g/mol. The number of benzene rings is 2. The molecule has 0 aliphatic heterocycles. The number of nitrogen functional groups attached to an aromatic ring is 1. The molecule has 6 nitrogen and oxygen atoms in total. The molecule has 2 N–H and O–H groups in total. The first-order valence-electron chi connectivity index (χ1n) is 6.54. The molecule has 21 heavy (non-hydrogen) atoms. The maximum absolute atomic E-state index is 6.23. The first-order chi connectivity index (χ1) is 10.3. The fourth-order valence-electron chi connectivity index (χ4n) is 2.33. The molecule has 4 rings (SSSR count). The zero-order valence-electron chi connectivity index (χ0n) is 11.1. The SMILES string of the molecule is Nc1c(-n2nnc3ccccc32)cnn1-c1ccccc1. The van der Waals surface area contributed by atoms with Gasteiger partial charge in [0.1, 0.15) is 11.2 Å². The number of rotatable bonds is 2. The third kappa shape index (κ3) is 1.77. The van der Waals surface area contributed by atoms with Crippen LogP contribution in [0.1, 0.15) is 0 Å². The van der Waals surface area contributed by atoms with E-state index in [9.17, 15) is 0 Å². The Morgan fingerprint density at radius 3 is 2.48 bits per heavy atom. The van der Waals surface area contributed by atoms with Crippen molar-refractivity contribution in [2.45, 2.75) is 0 Å². The van der Waals surface area contributed by atoms with Crippen molar-refractivity contribution in [3.63, 3.8) is 0 Å². The van der Waals surface area contributed by atoms with Gasteiger partial charge in [0.15, 0.2) is 5.82 Å². The van der Waals surface area contributed by atoms with Gasteiger partial charge in [0.25, 0.3) is 0 Å². The van der Waals surface area contributed by atoms with Crippen molar-refractivity contribution in [2.75, 3.05) is 5.73 Å². The molecule has 0 radical (unpaired) electrons. The second-order valence-corrected chi connectivity index (χ2v) is 4.65. The van der Waals surface area contributed by atoms with Crippen molar-refractivity contribution < 1.29 is 0 Å². The van der Waals surface area contributed by atoms with E-state index in [0.717, 1.165) is 16.7 Å². The van der Waals surface area contributed by atoms with Crippen molar-refractivity contribution in [1.82, 2.24) is 24.8 Å². The number of aromatic nitrogens is 5. The van der Waals surface area contributed by atoms with Gasteiger partial charge in [0.05, 0.1) is 17.4 Å². The van der Waals surface area contributed by atoms with Crippen molar-refractivity contribution in [3.05, 3.63) is 60.8 Å². The van der Waals surface area contributed by atoms with Crippen molar-refractivity contribution in [1.29, 1.82) is 0 Å². The molecule has 0 saturated heterocycles. The Kier molecular flexibility index (Phi) is 2.47. The lowest BCUT2D eigenvalue weighted by molar-refractivity contribution is 0.825. The summed E-state index contributed by atoms with van der Waals surface area (Å²) in [7, 11) is 0. The van der Waals surface area contributed by atoms with Gasteiger partial charge in [-0.2, -0.15) is 5.10 Å². The monoisotopic (exact) mass is 276 g/mol. The second kappa shape index (κ2) is 4.45. The van der Waals surface area contributed by atoms with E-state index in [1.807, 2.05) is 54.6 Å². The van der Waals surface area contributed by atoms with Crippen LogP contribution in [0.15, 0.2) is 60.8 Å². The highest BCUT2D eigenvalue weighted by molar-refractivity contribution is 5.77. The van der Waals surface area contributed by atoms with Crippen LogP contribution in [-0.4, -0.2) is 24.8 Å². The summed E-state index contributed by atoms with van der Waals surface area (Å²) in [6, 6.07) is 17.5. The van der Waals surface area contributed by atoms with E-state index in [2.05, 4.69) is 15.4 Å². The molecule has 102 valence electrons. The van der Waals surface area contributed by atoms with Gasteiger partial charge in [-0.25, -0.2) is 9.36 Å². The number of fused-ring (bicyclic) bond motifs is 1. The molecule has 0 aliphatic carbocycles. The first kappa shape index (κ1) is 11.7. The second-order valence-electron chi connectivity index (χ2n) is 4.65. The Balaban J connectivity index is 1.89. The summed E-state index contributed by atoms with van der Waals surface area (Å²) >= 11 is 0. The molecule has 0 fully saturated rings. The summed E-state index contributed by atoms with van der Waals surface area (Å²) in [6.07, 6.45) is 1.70. The zero-order chi connectivity index (χ0) is 14.2. The van der Waals surface area contributed by atoms with Gasteiger partial charge in [-0.3, -0.25) is 0 Å². The minimum Gasteiger partial charge on any atom is -0.382 e. The minimum atomic E-state index is 0.525. The summed E-state index contributed by atoms with van der Waals surface area (Å²) in [5.41, 5.74) is 9.58. The Hall–Kier alpha value is -3.15. The normalized spacial score (nSPS) is 11.0. The van der Waals surface area contributed by atoms with E-state index in [0.29, 0.717) is 11.5 Å². The summed E-state index contributed by atoms with van der Waals surface area (Å²) in [6.45, 7) is 0. The largest absolute Gasteiger partial charge is 0.382 e. The van der Waals surface area contributed by atoms with Crippen LogP contribution in [0.3, 0.4) is 0 Å². The van der Waals surface area contributed by atoms with Gasteiger partial charge in [0.2, 0.25) is 0 Å².